The van der Waals surface area contributed by atoms with Gasteiger partial charge < -0.3 is 29.3 Å². The molecule has 2 amide bonds. The number of benzene rings is 2. The molecule has 3 rings (SSSR count). The Kier molecular flexibility index (Phi) is 7.75. The van der Waals surface area contributed by atoms with Gasteiger partial charge in [0.05, 0.1) is 27.6 Å². The summed E-state index contributed by atoms with van der Waals surface area (Å²) in [6.45, 7) is 2.09. The van der Waals surface area contributed by atoms with Gasteiger partial charge in [-0.15, -0.1) is 0 Å². The van der Waals surface area contributed by atoms with E-state index in [2.05, 4.69) is 10.6 Å². The topological polar surface area (TPSA) is 99.0 Å². The molecule has 0 bridgehead atoms. The third-order valence-electron chi connectivity index (χ3n) is 4.81. The first-order valence-electron chi connectivity index (χ1n) is 10.2. The standard InChI is InChI=1S/C25H26N2O6/c1-16-7-9-18(10-8-16)24(28)27-20(14-19-6-5-11-33-19)25(29)26-15-17-12-21(30-2)23(32-4)22(13-17)31-3/h5-14H,15H2,1-4H3,(H,26,29)(H,27,28)/b20-14-. The lowest BCUT2D eigenvalue weighted by Crippen LogP contribution is -2.34. The van der Waals surface area contributed by atoms with Gasteiger partial charge in [-0.25, -0.2) is 0 Å². The number of methoxy groups -OCH3 is 3. The minimum absolute atomic E-state index is 0.0444. The van der Waals surface area contributed by atoms with E-state index in [-0.39, 0.29) is 12.2 Å². The summed E-state index contributed by atoms with van der Waals surface area (Å²) in [4.78, 5) is 25.7. The van der Waals surface area contributed by atoms with Crippen LogP contribution in [0, 0.1) is 6.92 Å². The fraction of sp³-hybridized carbons (Fsp3) is 0.200. The van der Waals surface area contributed by atoms with Crippen molar-refractivity contribution < 1.29 is 28.2 Å². The Bertz CT molecular complexity index is 1110. The lowest BCUT2D eigenvalue weighted by Gasteiger charge is -2.15. The molecule has 0 saturated heterocycles. The number of hydrogen-bond donors (Lipinski definition) is 2. The Balaban J connectivity index is 1.79. The largest absolute Gasteiger partial charge is 0.493 e. The zero-order valence-corrected chi connectivity index (χ0v) is 18.9. The molecule has 0 aliphatic carbocycles. The number of hydrogen-bond acceptors (Lipinski definition) is 6. The molecule has 8 nitrogen and oxygen atoms in total. The van der Waals surface area contributed by atoms with Crippen LogP contribution in [-0.4, -0.2) is 33.1 Å². The quantitative estimate of drug-likeness (QED) is 0.483. The highest BCUT2D eigenvalue weighted by Crippen LogP contribution is 2.38. The van der Waals surface area contributed by atoms with E-state index < -0.39 is 11.8 Å². The smallest absolute Gasteiger partial charge is 0.268 e. The van der Waals surface area contributed by atoms with E-state index in [9.17, 15) is 9.59 Å². The summed E-state index contributed by atoms with van der Waals surface area (Å²) in [5.74, 6) is 0.938. The van der Waals surface area contributed by atoms with E-state index in [0.717, 1.165) is 11.1 Å². The number of carbonyl (C=O) groups is 2. The average Bonchev–Trinajstić information content (AvgIpc) is 3.34. The second-order valence-corrected chi connectivity index (χ2v) is 7.11. The Hall–Kier alpha value is -4.20. The zero-order valence-electron chi connectivity index (χ0n) is 18.9. The third kappa shape index (κ3) is 5.94. The van der Waals surface area contributed by atoms with E-state index in [1.165, 1.54) is 33.7 Å². The monoisotopic (exact) mass is 450 g/mol. The molecule has 1 heterocycles. The highest BCUT2D eigenvalue weighted by Gasteiger charge is 2.17. The molecule has 0 spiro atoms. The van der Waals surface area contributed by atoms with E-state index in [1.54, 1.807) is 36.4 Å². The van der Waals surface area contributed by atoms with Crippen LogP contribution in [0.1, 0.15) is 27.2 Å². The number of nitrogens with one attached hydrogen (secondary N) is 2. The van der Waals surface area contributed by atoms with Crippen molar-refractivity contribution >= 4 is 17.9 Å². The van der Waals surface area contributed by atoms with Crippen LogP contribution in [0.5, 0.6) is 17.2 Å². The van der Waals surface area contributed by atoms with Gasteiger partial charge >= 0.3 is 0 Å². The van der Waals surface area contributed by atoms with Crippen LogP contribution >= 0.6 is 0 Å². The van der Waals surface area contributed by atoms with Crippen molar-refractivity contribution in [1.82, 2.24) is 10.6 Å². The van der Waals surface area contributed by atoms with E-state index in [4.69, 9.17) is 18.6 Å². The van der Waals surface area contributed by atoms with Gasteiger partial charge in [-0.1, -0.05) is 17.7 Å². The number of amides is 2. The van der Waals surface area contributed by atoms with Crippen LogP contribution in [0.4, 0.5) is 0 Å². The molecule has 3 aromatic rings. The van der Waals surface area contributed by atoms with Gasteiger partial charge in [0, 0.05) is 18.2 Å². The summed E-state index contributed by atoms with van der Waals surface area (Å²) in [5.41, 5.74) is 2.23. The summed E-state index contributed by atoms with van der Waals surface area (Å²) in [7, 11) is 4.55. The first kappa shape index (κ1) is 23.5. The molecule has 0 atom stereocenters. The summed E-state index contributed by atoms with van der Waals surface area (Å²) < 4.78 is 21.3. The maximum absolute atomic E-state index is 13.0. The Labute approximate surface area is 192 Å². The molecule has 0 fully saturated rings. The van der Waals surface area contributed by atoms with Crippen molar-refractivity contribution in [3.8, 4) is 17.2 Å². The summed E-state index contributed by atoms with van der Waals surface area (Å²) in [6.07, 6.45) is 2.95. The Morgan fingerprint density at radius 3 is 2.18 bits per heavy atom. The number of ether oxygens (including phenoxy) is 3. The summed E-state index contributed by atoms with van der Waals surface area (Å²) in [5, 5.41) is 5.47. The normalized spacial score (nSPS) is 11.0. The number of aryl methyl sites for hydroxylation is 1. The Morgan fingerprint density at radius 1 is 0.970 bits per heavy atom. The van der Waals surface area contributed by atoms with Gasteiger partial charge in [-0.05, 0) is 48.9 Å². The van der Waals surface area contributed by atoms with Gasteiger partial charge in [0.15, 0.2) is 11.5 Å². The molecule has 1 aromatic heterocycles. The minimum Gasteiger partial charge on any atom is -0.493 e. The zero-order chi connectivity index (χ0) is 23.8. The fourth-order valence-electron chi connectivity index (χ4n) is 3.09. The first-order valence-corrected chi connectivity index (χ1v) is 10.2. The van der Waals surface area contributed by atoms with Crippen molar-refractivity contribution in [3.63, 3.8) is 0 Å². The Morgan fingerprint density at radius 2 is 1.64 bits per heavy atom. The molecule has 8 heteroatoms. The fourth-order valence-corrected chi connectivity index (χ4v) is 3.09. The van der Waals surface area contributed by atoms with Crippen molar-refractivity contribution in [2.24, 2.45) is 0 Å². The number of furan rings is 1. The predicted octanol–water partition coefficient (Wildman–Crippen LogP) is 3.70. The van der Waals surface area contributed by atoms with Crippen LogP contribution in [0.25, 0.3) is 6.08 Å². The van der Waals surface area contributed by atoms with E-state index in [0.29, 0.717) is 28.6 Å². The van der Waals surface area contributed by atoms with Crippen molar-refractivity contribution in [3.05, 3.63) is 82.9 Å². The van der Waals surface area contributed by atoms with Gasteiger partial charge in [0.1, 0.15) is 11.5 Å². The molecule has 0 saturated carbocycles. The van der Waals surface area contributed by atoms with Gasteiger partial charge in [-0.2, -0.15) is 0 Å². The lowest BCUT2D eigenvalue weighted by molar-refractivity contribution is -0.117. The highest BCUT2D eigenvalue weighted by atomic mass is 16.5. The van der Waals surface area contributed by atoms with Crippen molar-refractivity contribution in [1.29, 1.82) is 0 Å². The summed E-state index contributed by atoms with van der Waals surface area (Å²) >= 11 is 0. The molecule has 172 valence electrons. The molecular weight excluding hydrogens is 424 g/mol. The third-order valence-corrected chi connectivity index (χ3v) is 4.81. The maximum atomic E-state index is 13.0. The number of carbonyl (C=O) groups excluding carboxylic acids is 2. The summed E-state index contributed by atoms with van der Waals surface area (Å²) in [6, 6.07) is 13.9. The maximum Gasteiger partial charge on any atom is 0.268 e. The molecular formula is C25H26N2O6. The predicted molar refractivity (Wildman–Crippen MR) is 123 cm³/mol. The van der Waals surface area contributed by atoms with Gasteiger partial charge in [-0.3, -0.25) is 9.59 Å². The van der Waals surface area contributed by atoms with Crippen LogP contribution in [0.15, 0.2) is 64.9 Å². The molecule has 0 radical (unpaired) electrons. The number of rotatable bonds is 9. The first-order chi connectivity index (χ1) is 15.9. The second-order valence-electron chi connectivity index (χ2n) is 7.11. The molecule has 2 aromatic carbocycles. The van der Waals surface area contributed by atoms with E-state index >= 15 is 0 Å². The second kappa shape index (κ2) is 10.9. The average molecular weight is 450 g/mol. The minimum atomic E-state index is -0.486. The van der Waals surface area contributed by atoms with Crippen LogP contribution in [-0.2, 0) is 11.3 Å². The highest BCUT2D eigenvalue weighted by molar-refractivity contribution is 6.05. The lowest BCUT2D eigenvalue weighted by atomic mass is 10.1. The molecule has 0 unspecified atom stereocenters. The molecule has 2 N–H and O–H groups in total. The van der Waals surface area contributed by atoms with Crippen LogP contribution < -0.4 is 24.8 Å². The molecule has 33 heavy (non-hydrogen) atoms. The molecule has 0 aliphatic heterocycles. The van der Waals surface area contributed by atoms with Crippen LogP contribution in [0.2, 0.25) is 0 Å². The van der Waals surface area contributed by atoms with Crippen molar-refractivity contribution in [2.75, 3.05) is 21.3 Å². The molecule has 0 aliphatic rings. The SMILES string of the molecule is COc1cc(CNC(=O)/C(=C/c2ccco2)NC(=O)c2ccc(C)cc2)cc(OC)c1OC. The van der Waals surface area contributed by atoms with Gasteiger partial charge in [0.2, 0.25) is 5.75 Å². The van der Waals surface area contributed by atoms with Crippen molar-refractivity contribution in [2.45, 2.75) is 13.5 Å². The van der Waals surface area contributed by atoms with E-state index in [1.807, 2.05) is 19.1 Å². The van der Waals surface area contributed by atoms with Crippen LogP contribution in [0.3, 0.4) is 0 Å². The van der Waals surface area contributed by atoms with Gasteiger partial charge in [0.25, 0.3) is 11.8 Å².